The predicted octanol–water partition coefficient (Wildman–Crippen LogP) is 3.70. The Bertz CT molecular complexity index is 1010. The van der Waals surface area contributed by atoms with Crippen LogP contribution in [0, 0.1) is 0 Å². The molecular weight excluding hydrogens is 484 g/mol. The van der Waals surface area contributed by atoms with Gasteiger partial charge in [0.2, 0.25) is 11.8 Å². The first-order chi connectivity index (χ1) is 15.0. The van der Waals surface area contributed by atoms with Gasteiger partial charge in [0.1, 0.15) is 5.56 Å². The molecule has 0 fully saturated rings. The summed E-state index contributed by atoms with van der Waals surface area (Å²) in [5, 5.41) is 16.7. The lowest BCUT2D eigenvalue weighted by atomic mass is 10.3. The molecule has 3 aromatic rings. The monoisotopic (exact) mass is 508 g/mol. The van der Waals surface area contributed by atoms with Crippen LogP contribution in [-0.4, -0.2) is 56.5 Å². The molecule has 0 aliphatic rings. The fourth-order valence-corrected chi connectivity index (χ4v) is 3.83. The van der Waals surface area contributed by atoms with Crippen molar-refractivity contribution in [3.05, 3.63) is 34.9 Å². The van der Waals surface area contributed by atoms with Crippen molar-refractivity contribution in [3.63, 3.8) is 0 Å². The third kappa shape index (κ3) is 6.08. The van der Waals surface area contributed by atoms with Crippen molar-refractivity contribution < 1.29 is 14.3 Å². The quantitative estimate of drug-likeness (QED) is 0.394. The zero-order valence-electron chi connectivity index (χ0n) is 17.7. The first-order valence-corrected chi connectivity index (χ1v) is 11.6. The number of aromatic nitrogens is 5. The fourth-order valence-electron chi connectivity index (χ4n) is 2.80. The number of carbonyl (C=O) groups is 1. The van der Waals surface area contributed by atoms with Crippen LogP contribution in [0.2, 0.25) is 0 Å². The van der Waals surface area contributed by atoms with Crippen LogP contribution in [0.25, 0.3) is 11.4 Å². The number of thioether (sulfide) groups is 1. The van der Waals surface area contributed by atoms with Gasteiger partial charge in [-0.05, 0) is 38.1 Å². The smallest absolute Gasteiger partial charge is 0.243 e. The second kappa shape index (κ2) is 11.3. The van der Waals surface area contributed by atoms with Crippen LogP contribution in [0.3, 0.4) is 0 Å². The van der Waals surface area contributed by atoms with Crippen LogP contribution >= 0.6 is 27.7 Å². The minimum atomic E-state index is -0.121. The Hall–Kier alpha value is -2.37. The number of carbonyl (C=O) groups excluding carboxylic acids is 1. The van der Waals surface area contributed by atoms with E-state index in [1.807, 2.05) is 48.9 Å². The molecule has 31 heavy (non-hydrogen) atoms. The molecule has 1 amide bonds. The number of hydrogen-bond donors (Lipinski definition) is 1. The van der Waals surface area contributed by atoms with Gasteiger partial charge in [-0.1, -0.05) is 27.7 Å². The molecule has 0 saturated carbocycles. The zero-order valence-corrected chi connectivity index (χ0v) is 20.1. The van der Waals surface area contributed by atoms with Gasteiger partial charge in [-0.3, -0.25) is 14.0 Å². The van der Waals surface area contributed by atoms with E-state index in [1.165, 1.54) is 11.8 Å². The lowest BCUT2D eigenvalue weighted by molar-refractivity contribution is -0.113. The summed E-state index contributed by atoms with van der Waals surface area (Å²) in [4.78, 5) is 12.4. The van der Waals surface area contributed by atoms with Gasteiger partial charge in [0, 0.05) is 30.0 Å². The molecule has 0 aliphatic carbocycles. The normalized spacial score (nSPS) is 11.0. The van der Waals surface area contributed by atoms with E-state index in [1.54, 1.807) is 11.8 Å². The van der Waals surface area contributed by atoms with Crippen LogP contribution in [-0.2, 0) is 22.6 Å². The number of methoxy groups -OCH3 is 1. The number of halogens is 1. The van der Waals surface area contributed by atoms with E-state index < -0.39 is 0 Å². The number of anilines is 1. The Morgan fingerprint density at radius 2 is 2.00 bits per heavy atom. The Labute approximate surface area is 193 Å². The number of rotatable bonds is 11. The average molecular weight is 509 g/mol. The van der Waals surface area contributed by atoms with Gasteiger partial charge < -0.3 is 14.8 Å². The number of ether oxygens (including phenoxy) is 2. The number of nitrogens with zero attached hydrogens (tertiary/aromatic N) is 5. The third-order valence-corrected chi connectivity index (χ3v) is 5.77. The number of amides is 1. The van der Waals surface area contributed by atoms with E-state index in [0.717, 1.165) is 15.7 Å². The van der Waals surface area contributed by atoms with Crippen molar-refractivity contribution in [2.45, 2.75) is 32.1 Å². The van der Waals surface area contributed by atoms with Gasteiger partial charge in [-0.15, -0.1) is 15.3 Å². The highest BCUT2D eigenvalue weighted by Gasteiger charge is 2.21. The largest absolute Gasteiger partial charge is 0.476 e. The summed E-state index contributed by atoms with van der Waals surface area (Å²) < 4.78 is 15.6. The van der Waals surface area contributed by atoms with E-state index >= 15 is 0 Å². The summed E-state index contributed by atoms with van der Waals surface area (Å²) in [6, 6.07) is 7.44. The Morgan fingerprint density at radius 3 is 2.68 bits per heavy atom. The standard InChI is InChI=1S/C20H25BrN6O3S/c1-4-26-12-16(19(25-26)30-5-2)18-23-24-20(27(18)10-11-29-3)31-13-17(28)22-15-8-6-14(21)7-9-15/h6-9,12H,4-5,10-11,13H2,1-3H3,(H,22,28). The first-order valence-electron chi connectivity index (χ1n) is 9.86. The van der Waals surface area contributed by atoms with Gasteiger partial charge in [0.05, 0.1) is 25.5 Å². The summed E-state index contributed by atoms with van der Waals surface area (Å²) in [5.41, 5.74) is 1.50. The number of nitrogens with one attached hydrogen (secondary N) is 1. The van der Waals surface area contributed by atoms with Gasteiger partial charge in [-0.2, -0.15) is 0 Å². The van der Waals surface area contributed by atoms with Crippen LogP contribution in [0.15, 0.2) is 40.1 Å². The fraction of sp³-hybridized carbons (Fsp3) is 0.400. The van der Waals surface area contributed by atoms with Crippen molar-refractivity contribution >= 4 is 39.3 Å². The van der Waals surface area contributed by atoms with E-state index in [2.05, 4.69) is 36.5 Å². The van der Waals surface area contributed by atoms with Crippen molar-refractivity contribution in [1.29, 1.82) is 0 Å². The molecule has 2 heterocycles. The Morgan fingerprint density at radius 1 is 1.23 bits per heavy atom. The molecule has 0 spiro atoms. The molecule has 3 rings (SSSR count). The molecule has 0 radical (unpaired) electrons. The minimum absolute atomic E-state index is 0.121. The summed E-state index contributed by atoms with van der Waals surface area (Å²) in [6.45, 7) is 6.15. The maximum absolute atomic E-state index is 12.4. The third-order valence-electron chi connectivity index (χ3n) is 4.27. The van der Waals surface area contributed by atoms with Gasteiger partial charge in [0.15, 0.2) is 11.0 Å². The molecule has 9 nitrogen and oxygen atoms in total. The number of aryl methyl sites for hydroxylation is 1. The lowest BCUT2D eigenvalue weighted by Gasteiger charge is -2.10. The second-order valence-electron chi connectivity index (χ2n) is 6.43. The Balaban J connectivity index is 1.78. The summed E-state index contributed by atoms with van der Waals surface area (Å²) in [5.74, 6) is 1.23. The minimum Gasteiger partial charge on any atom is -0.476 e. The Kier molecular flexibility index (Phi) is 8.50. The lowest BCUT2D eigenvalue weighted by Crippen LogP contribution is -2.15. The van der Waals surface area contributed by atoms with Crippen molar-refractivity contribution in [3.8, 4) is 17.3 Å². The van der Waals surface area contributed by atoms with E-state index in [4.69, 9.17) is 9.47 Å². The van der Waals surface area contributed by atoms with E-state index in [9.17, 15) is 4.79 Å². The molecule has 0 atom stereocenters. The molecule has 166 valence electrons. The van der Waals surface area contributed by atoms with Crippen LogP contribution in [0.1, 0.15) is 13.8 Å². The highest BCUT2D eigenvalue weighted by atomic mass is 79.9. The van der Waals surface area contributed by atoms with Crippen LogP contribution in [0.5, 0.6) is 5.88 Å². The molecule has 11 heteroatoms. The summed E-state index contributed by atoms with van der Waals surface area (Å²) >= 11 is 4.70. The van der Waals surface area contributed by atoms with E-state index in [-0.39, 0.29) is 11.7 Å². The summed E-state index contributed by atoms with van der Waals surface area (Å²) in [7, 11) is 1.64. The highest BCUT2D eigenvalue weighted by Crippen LogP contribution is 2.30. The van der Waals surface area contributed by atoms with Gasteiger partial charge in [-0.25, -0.2) is 0 Å². The van der Waals surface area contributed by atoms with Crippen molar-refractivity contribution in [2.24, 2.45) is 0 Å². The molecule has 2 aromatic heterocycles. The maximum atomic E-state index is 12.4. The van der Waals surface area contributed by atoms with Gasteiger partial charge >= 0.3 is 0 Å². The number of hydrogen-bond acceptors (Lipinski definition) is 7. The van der Waals surface area contributed by atoms with Crippen LogP contribution < -0.4 is 10.1 Å². The maximum Gasteiger partial charge on any atom is 0.243 e. The molecule has 1 aromatic carbocycles. The summed E-state index contributed by atoms with van der Waals surface area (Å²) in [6.07, 6.45) is 1.90. The van der Waals surface area contributed by atoms with E-state index in [0.29, 0.717) is 43.2 Å². The molecule has 0 unspecified atom stereocenters. The second-order valence-corrected chi connectivity index (χ2v) is 8.29. The highest BCUT2D eigenvalue weighted by molar-refractivity contribution is 9.10. The number of benzene rings is 1. The molecule has 1 N–H and O–H groups in total. The molecule has 0 bridgehead atoms. The average Bonchev–Trinajstić information content (AvgIpc) is 3.36. The van der Waals surface area contributed by atoms with Crippen molar-refractivity contribution in [2.75, 3.05) is 31.4 Å². The van der Waals surface area contributed by atoms with Crippen molar-refractivity contribution in [1.82, 2.24) is 24.5 Å². The topological polar surface area (TPSA) is 96.1 Å². The molecule has 0 saturated heterocycles. The van der Waals surface area contributed by atoms with Crippen LogP contribution in [0.4, 0.5) is 5.69 Å². The zero-order chi connectivity index (χ0) is 22.2. The molecule has 0 aliphatic heterocycles. The predicted molar refractivity (Wildman–Crippen MR) is 123 cm³/mol. The van der Waals surface area contributed by atoms with Gasteiger partial charge in [0.25, 0.3) is 0 Å². The first kappa shape index (κ1) is 23.3. The SMILES string of the molecule is CCOc1nn(CC)cc1-c1nnc(SCC(=O)Nc2ccc(Br)cc2)n1CCOC. The molecular formula is C20H25BrN6O3S.